The molecule has 1 saturated heterocycles. The van der Waals surface area contributed by atoms with Crippen LogP contribution in [0.5, 0.6) is 0 Å². The first-order valence-corrected chi connectivity index (χ1v) is 7.64. The second-order valence-corrected chi connectivity index (χ2v) is 6.01. The highest BCUT2D eigenvalue weighted by molar-refractivity contribution is 5.83. The van der Waals surface area contributed by atoms with Crippen molar-refractivity contribution in [2.24, 2.45) is 5.41 Å². The third-order valence-electron chi connectivity index (χ3n) is 4.95. The number of ether oxygens (including phenoxy) is 1. The number of hydrogen-bond acceptors (Lipinski definition) is 2. The maximum absolute atomic E-state index is 12.7. The number of allylic oxidation sites excluding steroid dienone is 1. The maximum Gasteiger partial charge on any atom is 0.317 e. The fourth-order valence-corrected chi connectivity index (χ4v) is 4.01. The van der Waals surface area contributed by atoms with E-state index in [1.54, 1.807) is 0 Å². The van der Waals surface area contributed by atoms with Crippen molar-refractivity contribution in [3.8, 4) is 0 Å². The molecule has 0 N–H and O–H groups in total. The second kappa shape index (κ2) is 5.08. The summed E-state index contributed by atoms with van der Waals surface area (Å²) in [4.78, 5) is 12.7. The molecular formula is C18H22O2. The lowest BCUT2D eigenvalue weighted by molar-refractivity contribution is -0.165. The van der Waals surface area contributed by atoms with E-state index < -0.39 is 5.41 Å². The molecule has 1 aliphatic heterocycles. The molecule has 0 unspecified atom stereocenters. The van der Waals surface area contributed by atoms with Crippen LogP contribution in [-0.2, 0) is 9.53 Å². The van der Waals surface area contributed by atoms with E-state index in [1.807, 2.05) is 13.0 Å². The molecule has 2 aliphatic rings. The van der Waals surface area contributed by atoms with E-state index in [9.17, 15) is 4.79 Å². The molecule has 1 aromatic rings. The van der Waals surface area contributed by atoms with E-state index >= 15 is 0 Å². The Kier molecular flexibility index (Phi) is 3.41. The molecule has 1 heterocycles. The number of benzene rings is 1. The van der Waals surface area contributed by atoms with Gasteiger partial charge in [0.2, 0.25) is 0 Å². The summed E-state index contributed by atoms with van der Waals surface area (Å²) < 4.78 is 5.62. The molecule has 0 aromatic heterocycles. The van der Waals surface area contributed by atoms with Crippen LogP contribution in [0.25, 0.3) is 0 Å². The molecule has 3 rings (SSSR count). The standard InChI is InChI=1S/C18H22O2/c1-3-18-15(12-13(2)20-17(18)19)10-7-11-16(18)14-8-5-4-6-9-14/h4-6,8-10,13,16H,3,7,11-12H2,1-2H3/t13-,16+,18+/m0/s1. The summed E-state index contributed by atoms with van der Waals surface area (Å²) in [5.41, 5.74) is 2.15. The summed E-state index contributed by atoms with van der Waals surface area (Å²) in [6, 6.07) is 10.5. The molecule has 1 aliphatic carbocycles. The normalized spacial score (nSPS) is 33.1. The van der Waals surface area contributed by atoms with E-state index in [1.165, 1.54) is 11.1 Å². The van der Waals surface area contributed by atoms with E-state index in [0.717, 1.165) is 25.7 Å². The van der Waals surface area contributed by atoms with Gasteiger partial charge in [0.05, 0.1) is 5.41 Å². The van der Waals surface area contributed by atoms with Gasteiger partial charge in [-0.15, -0.1) is 0 Å². The molecule has 0 saturated carbocycles. The maximum atomic E-state index is 12.7. The largest absolute Gasteiger partial charge is 0.462 e. The number of cyclic esters (lactones) is 1. The van der Waals surface area contributed by atoms with Gasteiger partial charge in [-0.1, -0.05) is 48.9 Å². The number of carbonyl (C=O) groups excluding carboxylic acids is 1. The van der Waals surface area contributed by atoms with Crippen LogP contribution in [0.2, 0.25) is 0 Å². The van der Waals surface area contributed by atoms with Gasteiger partial charge >= 0.3 is 5.97 Å². The molecule has 1 fully saturated rings. The van der Waals surface area contributed by atoms with Crippen molar-refractivity contribution in [2.45, 2.75) is 51.6 Å². The first kappa shape index (κ1) is 13.4. The number of fused-ring (bicyclic) bond motifs is 1. The smallest absolute Gasteiger partial charge is 0.317 e. The minimum atomic E-state index is -0.424. The van der Waals surface area contributed by atoms with Crippen molar-refractivity contribution in [1.82, 2.24) is 0 Å². The molecule has 0 bridgehead atoms. The Hall–Kier alpha value is -1.57. The quantitative estimate of drug-likeness (QED) is 0.594. The van der Waals surface area contributed by atoms with E-state index in [2.05, 4.69) is 37.3 Å². The second-order valence-electron chi connectivity index (χ2n) is 6.01. The van der Waals surface area contributed by atoms with Crippen LogP contribution in [-0.4, -0.2) is 12.1 Å². The highest BCUT2D eigenvalue weighted by atomic mass is 16.5. The minimum absolute atomic E-state index is 0.0152. The highest BCUT2D eigenvalue weighted by Crippen LogP contribution is 2.54. The zero-order chi connectivity index (χ0) is 14.2. The number of rotatable bonds is 2. The van der Waals surface area contributed by atoms with Gasteiger partial charge in [-0.05, 0) is 31.7 Å². The molecule has 0 radical (unpaired) electrons. The van der Waals surface area contributed by atoms with E-state index in [-0.39, 0.29) is 18.0 Å². The SMILES string of the molecule is CC[C@@]12C(=O)O[C@@H](C)CC1=CCC[C@@H]2c1ccccc1. The van der Waals surface area contributed by atoms with Crippen molar-refractivity contribution in [2.75, 3.05) is 0 Å². The van der Waals surface area contributed by atoms with Crippen molar-refractivity contribution < 1.29 is 9.53 Å². The van der Waals surface area contributed by atoms with Gasteiger partial charge in [0.1, 0.15) is 6.10 Å². The summed E-state index contributed by atoms with van der Waals surface area (Å²) in [6.07, 6.45) is 6.12. The lowest BCUT2D eigenvalue weighted by Crippen LogP contribution is -2.47. The van der Waals surface area contributed by atoms with Gasteiger partial charge < -0.3 is 4.74 Å². The first-order valence-electron chi connectivity index (χ1n) is 7.64. The Labute approximate surface area is 120 Å². The number of esters is 1. The van der Waals surface area contributed by atoms with E-state index in [0.29, 0.717) is 0 Å². The van der Waals surface area contributed by atoms with Crippen LogP contribution < -0.4 is 0 Å². The Morgan fingerprint density at radius 3 is 2.75 bits per heavy atom. The molecule has 20 heavy (non-hydrogen) atoms. The minimum Gasteiger partial charge on any atom is -0.462 e. The Morgan fingerprint density at radius 2 is 2.05 bits per heavy atom. The predicted octanol–water partition coefficient (Wildman–Crippen LogP) is 4.22. The summed E-state index contributed by atoms with van der Waals surface area (Å²) >= 11 is 0. The summed E-state index contributed by atoms with van der Waals surface area (Å²) in [6.45, 7) is 4.11. The van der Waals surface area contributed by atoms with Gasteiger partial charge in [0, 0.05) is 12.3 Å². The monoisotopic (exact) mass is 270 g/mol. The third kappa shape index (κ3) is 1.90. The Balaban J connectivity index is 2.08. The predicted molar refractivity (Wildman–Crippen MR) is 79.4 cm³/mol. The average molecular weight is 270 g/mol. The van der Waals surface area contributed by atoms with Crippen LogP contribution in [0, 0.1) is 5.41 Å². The van der Waals surface area contributed by atoms with Crippen LogP contribution in [0.4, 0.5) is 0 Å². The fraction of sp³-hybridized carbons (Fsp3) is 0.500. The zero-order valence-electron chi connectivity index (χ0n) is 12.3. The molecule has 1 aromatic carbocycles. The summed E-state index contributed by atoms with van der Waals surface area (Å²) in [5.74, 6) is 0.243. The van der Waals surface area contributed by atoms with E-state index in [4.69, 9.17) is 4.74 Å². The van der Waals surface area contributed by atoms with Gasteiger partial charge in [0.25, 0.3) is 0 Å². The topological polar surface area (TPSA) is 26.3 Å². The van der Waals surface area contributed by atoms with Gasteiger partial charge in [0.15, 0.2) is 0 Å². The molecule has 0 amide bonds. The van der Waals surface area contributed by atoms with Crippen molar-refractivity contribution in [3.05, 3.63) is 47.5 Å². The van der Waals surface area contributed by atoms with Gasteiger partial charge in [-0.3, -0.25) is 4.79 Å². The van der Waals surface area contributed by atoms with Crippen molar-refractivity contribution >= 4 is 5.97 Å². The molecule has 2 heteroatoms. The summed E-state index contributed by atoms with van der Waals surface area (Å²) in [7, 11) is 0. The Morgan fingerprint density at radius 1 is 1.30 bits per heavy atom. The first-order chi connectivity index (χ1) is 9.68. The van der Waals surface area contributed by atoms with Crippen LogP contribution in [0.1, 0.15) is 51.0 Å². The van der Waals surface area contributed by atoms with Crippen LogP contribution in [0.3, 0.4) is 0 Å². The lowest BCUT2D eigenvalue weighted by atomic mass is 9.59. The molecule has 0 spiro atoms. The average Bonchev–Trinajstić information content (AvgIpc) is 2.47. The number of carbonyl (C=O) groups is 1. The van der Waals surface area contributed by atoms with Gasteiger partial charge in [-0.25, -0.2) is 0 Å². The zero-order valence-corrected chi connectivity index (χ0v) is 12.3. The lowest BCUT2D eigenvalue weighted by Gasteiger charge is -2.47. The highest BCUT2D eigenvalue weighted by Gasteiger charge is 2.53. The molecular weight excluding hydrogens is 248 g/mol. The van der Waals surface area contributed by atoms with Gasteiger partial charge in [-0.2, -0.15) is 0 Å². The summed E-state index contributed by atoms with van der Waals surface area (Å²) in [5, 5.41) is 0. The van der Waals surface area contributed by atoms with Crippen molar-refractivity contribution in [3.63, 3.8) is 0 Å². The molecule has 106 valence electrons. The molecule has 2 nitrogen and oxygen atoms in total. The van der Waals surface area contributed by atoms with Crippen LogP contribution in [0.15, 0.2) is 42.0 Å². The number of hydrogen-bond donors (Lipinski definition) is 0. The fourth-order valence-electron chi connectivity index (χ4n) is 4.01. The molecule has 3 atom stereocenters. The Bertz CT molecular complexity index is 532. The third-order valence-corrected chi connectivity index (χ3v) is 4.95. The van der Waals surface area contributed by atoms with Crippen molar-refractivity contribution in [1.29, 1.82) is 0 Å². The van der Waals surface area contributed by atoms with Crippen LogP contribution >= 0.6 is 0 Å².